The van der Waals surface area contributed by atoms with Gasteiger partial charge in [-0.05, 0) is 12.5 Å². The van der Waals surface area contributed by atoms with Crippen LogP contribution in [0.2, 0.25) is 0 Å². The number of carboxylic acid groups (broad SMARTS) is 1. The molecule has 4 nitrogen and oxygen atoms in total. The molecule has 0 heterocycles. The summed E-state index contributed by atoms with van der Waals surface area (Å²) in [6, 6.07) is 5.68. The van der Waals surface area contributed by atoms with Gasteiger partial charge in [-0.2, -0.15) is 13.2 Å². The monoisotopic (exact) mass is 275 g/mol. The molecule has 0 aliphatic carbocycles. The molecule has 0 aliphatic rings. The molecule has 0 saturated carbocycles. The lowest BCUT2D eigenvalue weighted by molar-refractivity contribution is -0.189. The number of benzene rings is 1. The Morgan fingerprint density at radius 2 is 1.79 bits per heavy atom. The molecule has 0 spiro atoms. The van der Waals surface area contributed by atoms with Crippen LogP contribution in [-0.2, 0) is 9.59 Å². The number of halogens is 3. The first-order chi connectivity index (χ1) is 8.79. The molecular weight excluding hydrogens is 263 g/mol. The molecule has 0 bridgehead atoms. The van der Waals surface area contributed by atoms with Gasteiger partial charge in [0.25, 0.3) is 0 Å². The average molecular weight is 275 g/mol. The van der Waals surface area contributed by atoms with Gasteiger partial charge in [0.1, 0.15) is 0 Å². The first-order valence-corrected chi connectivity index (χ1v) is 5.44. The number of alkyl halides is 3. The maximum absolute atomic E-state index is 12.4. The average Bonchev–Trinajstić information content (AvgIpc) is 2.34. The van der Waals surface area contributed by atoms with Crippen molar-refractivity contribution >= 4 is 11.9 Å². The first kappa shape index (κ1) is 15.0. The third kappa shape index (κ3) is 3.46. The number of hydrogen-bond donors (Lipinski definition) is 1. The number of carbonyl (C=O) groups excluding carboxylic acids is 1. The largest absolute Gasteiger partial charge is 0.479 e. The smallest absolute Gasteiger partial charge is 0.471 e. The van der Waals surface area contributed by atoms with Crippen molar-refractivity contribution in [2.75, 3.05) is 6.54 Å². The van der Waals surface area contributed by atoms with Crippen molar-refractivity contribution in [3.63, 3.8) is 0 Å². The molecule has 1 unspecified atom stereocenters. The van der Waals surface area contributed by atoms with Crippen LogP contribution in [-0.4, -0.2) is 34.6 Å². The van der Waals surface area contributed by atoms with E-state index in [0.717, 1.165) is 0 Å². The van der Waals surface area contributed by atoms with Gasteiger partial charge in [-0.15, -0.1) is 0 Å². The van der Waals surface area contributed by atoms with Gasteiger partial charge < -0.3 is 10.0 Å². The number of amides is 1. The van der Waals surface area contributed by atoms with Crippen molar-refractivity contribution in [2.45, 2.75) is 19.1 Å². The lowest BCUT2D eigenvalue weighted by atomic mass is 10.1. The third-order valence-corrected chi connectivity index (χ3v) is 2.50. The summed E-state index contributed by atoms with van der Waals surface area (Å²) in [5.41, 5.74) is 0.120. The molecule has 1 N–H and O–H groups in total. The van der Waals surface area contributed by atoms with E-state index >= 15 is 0 Å². The fraction of sp³-hybridized carbons (Fsp3) is 0.333. The predicted octanol–water partition coefficient (Wildman–Crippen LogP) is 2.22. The predicted molar refractivity (Wildman–Crippen MR) is 60.3 cm³/mol. The Hall–Kier alpha value is -2.05. The summed E-state index contributed by atoms with van der Waals surface area (Å²) in [5, 5.41) is 9.08. The van der Waals surface area contributed by atoms with E-state index in [0.29, 0.717) is 0 Å². The van der Waals surface area contributed by atoms with Crippen LogP contribution < -0.4 is 0 Å². The van der Waals surface area contributed by atoms with E-state index in [9.17, 15) is 22.8 Å². The second kappa shape index (κ2) is 5.73. The second-order valence-electron chi connectivity index (χ2n) is 3.74. The maximum atomic E-state index is 12.4. The number of hydrogen-bond acceptors (Lipinski definition) is 2. The Labute approximate surface area is 107 Å². The van der Waals surface area contributed by atoms with Crippen molar-refractivity contribution in [2.24, 2.45) is 0 Å². The number of nitrogens with zero attached hydrogens (tertiary/aromatic N) is 1. The second-order valence-corrected chi connectivity index (χ2v) is 3.74. The summed E-state index contributed by atoms with van der Waals surface area (Å²) in [6.45, 7) is 0.937. The lowest BCUT2D eigenvalue weighted by Gasteiger charge is -2.28. The molecule has 0 aliphatic heterocycles. The first-order valence-electron chi connectivity index (χ1n) is 5.44. The van der Waals surface area contributed by atoms with E-state index in [4.69, 9.17) is 5.11 Å². The Balaban J connectivity index is 3.18. The highest BCUT2D eigenvalue weighted by Gasteiger charge is 2.46. The Morgan fingerprint density at radius 3 is 2.16 bits per heavy atom. The molecule has 1 aromatic carbocycles. The summed E-state index contributed by atoms with van der Waals surface area (Å²) in [5.74, 6) is -3.67. The standard InChI is InChI=1S/C12H12F3NO3/c1-2-16(11(19)12(13,14)15)9(10(17)18)8-6-4-3-5-7-8/h3-7,9H,2H2,1H3,(H,17,18). The van der Waals surface area contributed by atoms with Gasteiger partial charge in [-0.1, -0.05) is 30.3 Å². The van der Waals surface area contributed by atoms with E-state index < -0.39 is 24.1 Å². The van der Waals surface area contributed by atoms with E-state index in [1.807, 2.05) is 0 Å². The molecule has 104 valence electrons. The number of carboxylic acids is 1. The van der Waals surface area contributed by atoms with E-state index in [2.05, 4.69) is 0 Å². The van der Waals surface area contributed by atoms with Gasteiger partial charge in [0.15, 0.2) is 6.04 Å². The molecule has 1 amide bonds. The normalized spacial score (nSPS) is 12.8. The molecule has 0 saturated heterocycles. The van der Waals surface area contributed by atoms with Gasteiger partial charge >= 0.3 is 18.1 Å². The number of aliphatic carboxylic acids is 1. The van der Waals surface area contributed by atoms with Gasteiger partial charge in [-0.3, -0.25) is 4.79 Å². The zero-order valence-corrected chi connectivity index (χ0v) is 10.0. The maximum Gasteiger partial charge on any atom is 0.471 e. The van der Waals surface area contributed by atoms with Crippen molar-refractivity contribution in [1.82, 2.24) is 4.90 Å². The van der Waals surface area contributed by atoms with Crippen LogP contribution in [0.1, 0.15) is 18.5 Å². The highest BCUT2D eigenvalue weighted by atomic mass is 19.4. The molecule has 0 radical (unpaired) electrons. The number of carbonyl (C=O) groups is 2. The fourth-order valence-electron chi connectivity index (χ4n) is 1.70. The van der Waals surface area contributed by atoms with Crippen LogP contribution in [0.3, 0.4) is 0 Å². The molecule has 1 aromatic rings. The molecule has 0 aromatic heterocycles. The van der Waals surface area contributed by atoms with Crippen molar-refractivity contribution in [1.29, 1.82) is 0 Å². The highest BCUT2D eigenvalue weighted by Crippen LogP contribution is 2.27. The van der Waals surface area contributed by atoms with E-state index in [1.54, 1.807) is 6.07 Å². The van der Waals surface area contributed by atoms with Gasteiger partial charge in [0, 0.05) is 6.54 Å². The van der Waals surface area contributed by atoms with Gasteiger partial charge in [0.05, 0.1) is 0 Å². The molecule has 1 rings (SSSR count). The molecule has 0 fully saturated rings. The van der Waals surface area contributed by atoms with Crippen LogP contribution in [0.4, 0.5) is 13.2 Å². The molecule has 7 heteroatoms. The SMILES string of the molecule is CCN(C(=O)C(F)(F)F)C(C(=O)O)c1ccccc1. The minimum Gasteiger partial charge on any atom is -0.479 e. The van der Waals surface area contributed by atoms with Crippen LogP contribution in [0.25, 0.3) is 0 Å². The molecular formula is C12H12F3NO3. The fourth-order valence-corrected chi connectivity index (χ4v) is 1.70. The van der Waals surface area contributed by atoms with Crippen molar-refractivity contribution < 1.29 is 27.9 Å². The Kier molecular flexibility index (Phi) is 4.52. The van der Waals surface area contributed by atoms with Crippen molar-refractivity contribution in [3.05, 3.63) is 35.9 Å². The topological polar surface area (TPSA) is 57.6 Å². The summed E-state index contributed by atoms with van der Waals surface area (Å²) < 4.78 is 37.3. The minimum absolute atomic E-state index is 0.120. The summed E-state index contributed by atoms with van der Waals surface area (Å²) in [6.07, 6.45) is -5.10. The van der Waals surface area contributed by atoms with Gasteiger partial charge in [-0.25, -0.2) is 4.79 Å². The zero-order chi connectivity index (χ0) is 14.6. The molecule has 19 heavy (non-hydrogen) atoms. The third-order valence-electron chi connectivity index (χ3n) is 2.50. The van der Waals surface area contributed by atoms with E-state index in [1.165, 1.54) is 31.2 Å². The lowest BCUT2D eigenvalue weighted by Crippen LogP contribution is -2.45. The van der Waals surface area contributed by atoms with Crippen LogP contribution in [0, 0.1) is 0 Å². The number of likely N-dealkylation sites (N-methyl/N-ethyl adjacent to an activating group) is 1. The number of rotatable bonds is 4. The summed E-state index contributed by atoms with van der Waals surface area (Å²) in [7, 11) is 0. The van der Waals surface area contributed by atoms with Crippen LogP contribution in [0.15, 0.2) is 30.3 Å². The van der Waals surface area contributed by atoms with E-state index in [-0.39, 0.29) is 17.0 Å². The van der Waals surface area contributed by atoms with Crippen LogP contribution >= 0.6 is 0 Å². The Bertz CT molecular complexity index is 459. The van der Waals surface area contributed by atoms with Crippen molar-refractivity contribution in [3.8, 4) is 0 Å². The highest BCUT2D eigenvalue weighted by molar-refractivity contribution is 5.87. The quantitative estimate of drug-likeness (QED) is 0.916. The molecule has 1 atom stereocenters. The summed E-state index contributed by atoms with van der Waals surface area (Å²) in [4.78, 5) is 22.7. The summed E-state index contributed by atoms with van der Waals surface area (Å²) >= 11 is 0. The minimum atomic E-state index is -5.10. The van der Waals surface area contributed by atoms with Crippen LogP contribution in [0.5, 0.6) is 0 Å². The van der Waals surface area contributed by atoms with Gasteiger partial charge in [0.2, 0.25) is 0 Å². The Morgan fingerprint density at radius 1 is 1.26 bits per heavy atom. The zero-order valence-electron chi connectivity index (χ0n) is 10.0.